The van der Waals surface area contributed by atoms with Crippen molar-refractivity contribution in [3.8, 4) is 0 Å². The van der Waals surface area contributed by atoms with Gasteiger partial charge in [0, 0.05) is 23.3 Å². The van der Waals surface area contributed by atoms with Crippen molar-refractivity contribution < 1.29 is 18.7 Å². The number of benzene rings is 1. The Morgan fingerprint density at radius 2 is 2.16 bits per heavy atom. The molecule has 0 bridgehead atoms. The molecule has 0 saturated heterocycles. The number of para-hydroxylation sites is 1. The van der Waals surface area contributed by atoms with E-state index in [1.165, 1.54) is 17.8 Å². The van der Waals surface area contributed by atoms with Crippen LogP contribution in [0.4, 0.5) is 5.69 Å². The molecule has 0 fully saturated rings. The molecule has 2 heterocycles. The van der Waals surface area contributed by atoms with E-state index in [0.29, 0.717) is 12.3 Å². The number of carbonyl (C=O) groups is 2. The molecule has 7 heteroatoms. The van der Waals surface area contributed by atoms with Crippen LogP contribution < -0.4 is 4.90 Å². The number of nitrogens with zero attached hydrogens (tertiary/aromatic N) is 1. The van der Waals surface area contributed by atoms with Crippen LogP contribution in [0, 0.1) is 0 Å². The second-order valence-electron chi connectivity index (χ2n) is 5.16. The Labute approximate surface area is 154 Å². The summed E-state index contributed by atoms with van der Waals surface area (Å²) >= 11 is 3.14. The van der Waals surface area contributed by atoms with Gasteiger partial charge >= 0.3 is 5.97 Å². The van der Waals surface area contributed by atoms with Gasteiger partial charge in [0.15, 0.2) is 6.61 Å². The Bertz CT molecular complexity index is 758. The lowest BCUT2D eigenvalue weighted by Crippen LogP contribution is -2.38. The topological polar surface area (TPSA) is 59.8 Å². The van der Waals surface area contributed by atoms with Crippen LogP contribution in [0.1, 0.15) is 5.76 Å². The predicted molar refractivity (Wildman–Crippen MR) is 99.6 cm³/mol. The molecular weight excluding hydrogens is 358 g/mol. The fourth-order valence-corrected chi connectivity index (χ4v) is 3.94. The second-order valence-corrected chi connectivity index (χ2v) is 7.19. The highest BCUT2D eigenvalue weighted by atomic mass is 32.2. The molecule has 1 aromatic heterocycles. The predicted octanol–water partition coefficient (Wildman–Crippen LogP) is 3.71. The van der Waals surface area contributed by atoms with Gasteiger partial charge in [0.05, 0.1) is 17.7 Å². The molecule has 1 aromatic carbocycles. The Hall–Kier alpha value is -2.12. The zero-order valence-corrected chi connectivity index (χ0v) is 15.1. The summed E-state index contributed by atoms with van der Waals surface area (Å²) in [6.07, 6.45) is 2.93. The maximum absolute atomic E-state index is 12.3. The van der Waals surface area contributed by atoms with Crippen LogP contribution in [-0.4, -0.2) is 30.8 Å². The summed E-state index contributed by atoms with van der Waals surface area (Å²) in [6.45, 7) is 0.359. The highest BCUT2D eigenvalue weighted by Crippen LogP contribution is 2.34. The molecule has 0 N–H and O–H groups in total. The first-order valence-electron chi connectivity index (χ1n) is 7.73. The van der Waals surface area contributed by atoms with Crippen molar-refractivity contribution in [1.82, 2.24) is 0 Å². The molecule has 0 radical (unpaired) electrons. The van der Waals surface area contributed by atoms with E-state index in [1.807, 2.05) is 36.4 Å². The molecule has 2 aromatic rings. The minimum absolute atomic E-state index is 0.210. The Morgan fingerprint density at radius 1 is 1.28 bits per heavy atom. The average molecular weight is 375 g/mol. The number of ether oxygens (including phenoxy) is 1. The smallest absolute Gasteiger partial charge is 0.331 e. The Kier molecular flexibility index (Phi) is 6.25. The number of carbonyl (C=O) groups excluding carboxylic acids is 2. The van der Waals surface area contributed by atoms with Crippen LogP contribution >= 0.6 is 23.5 Å². The van der Waals surface area contributed by atoms with Crippen molar-refractivity contribution in [2.24, 2.45) is 0 Å². The third-order valence-electron chi connectivity index (χ3n) is 3.47. The summed E-state index contributed by atoms with van der Waals surface area (Å²) in [5, 5.41) is 1.64. The molecule has 130 valence electrons. The lowest BCUT2D eigenvalue weighted by atomic mass is 10.2. The number of rotatable bonds is 6. The molecule has 0 aliphatic carbocycles. The summed E-state index contributed by atoms with van der Waals surface area (Å²) in [4.78, 5) is 26.8. The fraction of sp³-hybridized carbons (Fsp3) is 0.222. The zero-order valence-electron chi connectivity index (χ0n) is 13.4. The van der Waals surface area contributed by atoms with Gasteiger partial charge in [-0.1, -0.05) is 12.1 Å². The summed E-state index contributed by atoms with van der Waals surface area (Å²) in [5.41, 5.74) is 0.879. The first-order valence-corrected chi connectivity index (χ1v) is 9.77. The Balaban J connectivity index is 1.45. The SMILES string of the molecule is O=C(C=CSCc1ccco1)OCC(=O)N1CCSc2ccccc21. The number of thioether (sulfide) groups is 2. The molecule has 1 aliphatic rings. The van der Waals surface area contributed by atoms with Gasteiger partial charge in [-0.2, -0.15) is 0 Å². The monoisotopic (exact) mass is 375 g/mol. The third-order valence-corrected chi connectivity index (χ3v) is 5.30. The number of fused-ring (bicyclic) bond motifs is 1. The van der Waals surface area contributed by atoms with Crippen molar-refractivity contribution in [1.29, 1.82) is 0 Å². The average Bonchev–Trinajstić information content (AvgIpc) is 3.16. The van der Waals surface area contributed by atoms with Crippen molar-refractivity contribution in [3.05, 3.63) is 59.9 Å². The normalized spacial score (nSPS) is 13.7. The molecule has 0 spiro atoms. The van der Waals surface area contributed by atoms with Gasteiger partial charge < -0.3 is 14.1 Å². The fourth-order valence-electron chi connectivity index (χ4n) is 2.32. The number of amides is 1. The van der Waals surface area contributed by atoms with Crippen LogP contribution in [0.25, 0.3) is 0 Å². The van der Waals surface area contributed by atoms with Crippen LogP contribution in [0.5, 0.6) is 0 Å². The number of furan rings is 1. The number of hydrogen-bond acceptors (Lipinski definition) is 6. The van der Waals surface area contributed by atoms with Gasteiger partial charge in [0.25, 0.3) is 5.91 Å². The quantitative estimate of drug-likeness (QED) is 0.567. The van der Waals surface area contributed by atoms with Gasteiger partial charge in [0.2, 0.25) is 0 Å². The molecule has 5 nitrogen and oxygen atoms in total. The van der Waals surface area contributed by atoms with Gasteiger partial charge in [-0.15, -0.1) is 23.5 Å². The maximum Gasteiger partial charge on any atom is 0.331 e. The Morgan fingerprint density at radius 3 is 3.00 bits per heavy atom. The standard InChI is InChI=1S/C18H17NO4S2/c20-17(19-8-11-25-16-6-2-1-5-15(16)19)12-23-18(21)7-10-24-13-14-4-3-9-22-14/h1-7,9-10H,8,11-13H2. The molecule has 0 atom stereocenters. The van der Waals surface area contributed by atoms with E-state index in [4.69, 9.17) is 9.15 Å². The number of anilines is 1. The first kappa shape index (κ1) is 17.7. The minimum Gasteiger partial charge on any atom is -0.468 e. The minimum atomic E-state index is -0.528. The van der Waals surface area contributed by atoms with Crippen molar-refractivity contribution in [2.75, 3.05) is 23.8 Å². The van der Waals surface area contributed by atoms with E-state index in [9.17, 15) is 9.59 Å². The molecule has 0 unspecified atom stereocenters. The van der Waals surface area contributed by atoms with Gasteiger partial charge in [-0.3, -0.25) is 4.79 Å². The summed E-state index contributed by atoms with van der Waals surface area (Å²) < 4.78 is 10.2. The lowest BCUT2D eigenvalue weighted by molar-refractivity contribution is -0.142. The maximum atomic E-state index is 12.3. The first-order chi connectivity index (χ1) is 12.2. The zero-order chi connectivity index (χ0) is 17.5. The van der Waals surface area contributed by atoms with Crippen molar-refractivity contribution in [3.63, 3.8) is 0 Å². The summed E-state index contributed by atoms with van der Waals surface area (Å²) in [5.74, 6) is 1.57. The van der Waals surface area contributed by atoms with E-state index in [2.05, 4.69) is 0 Å². The largest absolute Gasteiger partial charge is 0.468 e. The van der Waals surface area contributed by atoms with E-state index in [1.54, 1.807) is 28.3 Å². The van der Waals surface area contributed by atoms with Crippen molar-refractivity contribution in [2.45, 2.75) is 10.6 Å². The molecule has 3 rings (SSSR count). The van der Waals surface area contributed by atoms with Crippen LogP contribution in [0.3, 0.4) is 0 Å². The van der Waals surface area contributed by atoms with Gasteiger partial charge in [0.1, 0.15) is 5.76 Å². The molecule has 1 aliphatic heterocycles. The highest BCUT2D eigenvalue weighted by molar-refractivity contribution is 8.01. The van der Waals surface area contributed by atoms with E-state index < -0.39 is 5.97 Å². The van der Waals surface area contributed by atoms with E-state index in [0.717, 1.165) is 22.1 Å². The lowest BCUT2D eigenvalue weighted by Gasteiger charge is -2.28. The third kappa shape index (κ3) is 4.93. The highest BCUT2D eigenvalue weighted by Gasteiger charge is 2.23. The molecule has 1 amide bonds. The summed E-state index contributed by atoms with van der Waals surface area (Å²) in [7, 11) is 0. The molecule has 25 heavy (non-hydrogen) atoms. The van der Waals surface area contributed by atoms with Crippen LogP contribution in [0.2, 0.25) is 0 Å². The molecular formula is C18H17NO4S2. The van der Waals surface area contributed by atoms with E-state index in [-0.39, 0.29) is 12.5 Å². The second kappa shape index (κ2) is 8.82. The number of esters is 1. The summed E-state index contributed by atoms with van der Waals surface area (Å²) in [6, 6.07) is 11.4. The van der Waals surface area contributed by atoms with Crippen LogP contribution in [-0.2, 0) is 20.1 Å². The van der Waals surface area contributed by atoms with Crippen LogP contribution in [0.15, 0.2) is 63.5 Å². The van der Waals surface area contributed by atoms with E-state index >= 15 is 0 Å². The molecule has 0 saturated carbocycles. The van der Waals surface area contributed by atoms with Gasteiger partial charge in [-0.25, -0.2) is 4.79 Å². The van der Waals surface area contributed by atoms with Gasteiger partial charge in [-0.05, 0) is 29.7 Å². The number of hydrogen-bond donors (Lipinski definition) is 0. The van der Waals surface area contributed by atoms with Crippen molar-refractivity contribution >= 4 is 41.1 Å².